The summed E-state index contributed by atoms with van der Waals surface area (Å²) in [6, 6.07) is 7.77. The average Bonchev–Trinajstić information content (AvgIpc) is 2.53. The van der Waals surface area contributed by atoms with Gasteiger partial charge in [-0.25, -0.2) is 0 Å². The molecule has 0 fully saturated rings. The zero-order valence-electron chi connectivity index (χ0n) is 14.0. The first kappa shape index (κ1) is 20.0. The standard InChI is InChI=1S/C17H25N3O3S/c1-11(2)8-13(16(18)22)20-17(23)14(19-15(21)10-24)9-12-6-4-3-5-7-12/h3-7,11,13-14,24H,8-10H2,1-2H3,(H2,18,22)(H,19,21)(H,20,23)/t13-,14-/m0/s1. The number of rotatable bonds is 9. The number of benzene rings is 1. The molecule has 0 aliphatic carbocycles. The van der Waals surface area contributed by atoms with E-state index >= 15 is 0 Å². The van der Waals surface area contributed by atoms with Gasteiger partial charge in [0.15, 0.2) is 0 Å². The van der Waals surface area contributed by atoms with Crippen LogP contribution in [0.2, 0.25) is 0 Å². The van der Waals surface area contributed by atoms with E-state index in [1.165, 1.54) is 0 Å². The number of thiol groups is 1. The second-order valence-electron chi connectivity index (χ2n) is 6.06. The van der Waals surface area contributed by atoms with Gasteiger partial charge in [0.05, 0.1) is 5.75 Å². The Hall–Kier alpha value is -2.02. The molecule has 1 rings (SSSR count). The third-order valence-corrected chi connectivity index (χ3v) is 3.73. The maximum absolute atomic E-state index is 12.5. The lowest BCUT2D eigenvalue weighted by Gasteiger charge is -2.23. The number of nitrogens with two attached hydrogens (primary N) is 1. The van der Waals surface area contributed by atoms with Crippen LogP contribution in [0.15, 0.2) is 30.3 Å². The fourth-order valence-electron chi connectivity index (χ4n) is 2.29. The van der Waals surface area contributed by atoms with Gasteiger partial charge in [-0.2, -0.15) is 12.6 Å². The molecule has 7 heteroatoms. The average molecular weight is 351 g/mol. The van der Waals surface area contributed by atoms with E-state index in [1.54, 1.807) is 0 Å². The van der Waals surface area contributed by atoms with Crippen molar-refractivity contribution in [3.8, 4) is 0 Å². The van der Waals surface area contributed by atoms with E-state index in [0.717, 1.165) is 5.56 Å². The van der Waals surface area contributed by atoms with Gasteiger partial charge < -0.3 is 16.4 Å². The predicted octanol–water partition coefficient (Wildman–Crippen LogP) is 0.660. The first-order valence-corrected chi connectivity index (χ1v) is 8.50. The lowest BCUT2D eigenvalue weighted by atomic mass is 10.0. The third kappa shape index (κ3) is 7.04. The van der Waals surface area contributed by atoms with Crippen LogP contribution >= 0.6 is 12.6 Å². The third-order valence-electron chi connectivity index (χ3n) is 3.45. The Balaban J connectivity index is 2.85. The SMILES string of the molecule is CC(C)C[C@H](NC(=O)[C@H](Cc1ccccc1)NC(=O)CS)C(N)=O. The van der Waals surface area contributed by atoms with Crippen molar-refractivity contribution in [2.75, 3.05) is 5.75 Å². The molecule has 6 nitrogen and oxygen atoms in total. The number of carbonyl (C=O) groups is 3. The summed E-state index contributed by atoms with van der Waals surface area (Å²) < 4.78 is 0. The number of hydrogen-bond donors (Lipinski definition) is 4. The first-order chi connectivity index (χ1) is 11.3. The van der Waals surface area contributed by atoms with Crippen LogP contribution in [0.1, 0.15) is 25.8 Å². The van der Waals surface area contributed by atoms with E-state index < -0.39 is 23.9 Å². The monoisotopic (exact) mass is 351 g/mol. The minimum Gasteiger partial charge on any atom is -0.368 e. The van der Waals surface area contributed by atoms with Gasteiger partial charge in [0.2, 0.25) is 17.7 Å². The molecule has 4 N–H and O–H groups in total. The topological polar surface area (TPSA) is 101 Å². The Kier molecular flexibility index (Phi) is 8.32. The van der Waals surface area contributed by atoms with Crippen LogP contribution in [0, 0.1) is 5.92 Å². The number of amides is 3. The van der Waals surface area contributed by atoms with Gasteiger partial charge in [-0.1, -0.05) is 44.2 Å². The van der Waals surface area contributed by atoms with Gasteiger partial charge in [0.25, 0.3) is 0 Å². The van der Waals surface area contributed by atoms with Crippen molar-refractivity contribution in [3.63, 3.8) is 0 Å². The van der Waals surface area contributed by atoms with E-state index in [1.807, 2.05) is 44.2 Å². The van der Waals surface area contributed by atoms with Crippen LogP contribution in [0.25, 0.3) is 0 Å². The molecule has 1 aromatic carbocycles. The molecule has 2 atom stereocenters. The highest BCUT2D eigenvalue weighted by atomic mass is 32.1. The van der Waals surface area contributed by atoms with Gasteiger partial charge in [0.1, 0.15) is 12.1 Å². The summed E-state index contributed by atoms with van der Waals surface area (Å²) in [6.07, 6.45) is 0.763. The quantitative estimate of drug-likeness (QED) is 0.492. The van der Waals surface area contributed by atoms with E-state index in [0.29, 0.717) is 12.8 Å². The van der Waals surface area contributed by atoms with Crippen LogP contribution in [-0.2, 0) is 20.8 Å². The zero-order chi connectivity index (χ0) is 18.1. The molecule has 0 bridgehead atoms. The van der Waals surface area contributed by atoms with Crippen molar-refractivity contribution in [1.29, 1.82) is 0 Å². The Bertz CT molecular complexity index is 563. The molecule has 0 saturated heterocycles. The van der Waals surface area contributed by atoms with Crippen LogP contribution < -0.4 is 16.4 Å². The molecule has 3 amide bonds. The molecule has 1 aromatic rings. The molecule has 24 heavy (non-hydrogen) atoms. The summed E-state index contributed by atoms with van der Waals surface area (Å²) in [4.78, 5) is 35.7. The second-order valence-corrected chi connectivity index (χ2v) is 6.38. The molecular weight excluding hydrogens is 326 g/mol. The highest BCUT2D eigenvalue weighted by molar-refractivity contribution is 7.81. The van der Waals surface area contributed by atoms with Gasteiger partial charge in [-0.15, -0.1) is 0 Å². The van der Waals surface area contributed by atoms with Crippen molar-refractivity contribution in [2.24, 2.45) is 11.7 Å². The maximum Gasteiger partial charge on any atom is 0.243 e. The Morgan fingerprint density at radius 2 is 1.71 bits per heavy atom. The van der Waals surface area contributed by atoms with Crippen molar-refractivity contribution < 1.29 is 14.4 Å². The fraction of sp³-hybridized carbons (Fsp3) is 0.471. The van der Waals surface area contributed by atoms with Crippen LogP contribution in [-0.4, -0.2) is 35.6 Å². The zero-order valence-corrected chi connectivity index (χ0v) is 14.9. The second kappa shape index (κ2) is 9.97. The van der Waals surface area contributed by atoms with Crippen molar-refractivity contribution in [1.82, 2.24) is 10.6 Å². The fourth-order valence-corrected chi connectivity index (χ4v) is 2.38. The van der Waals surface area contributed by atoms with Gasteiger partial charge >= 0.3 is 0 Å². The van der Waals surface area contributed by atoms with Crippen molar-refractivity contribution >= 4 is 30.4 Å². The highest BCUT2D eigenvalue weighted by Gasteiger charge is 2.26. The number of carbonyl (C=O) groups excluding carboxylic acids is 3. The van der Waals surface area contributed by atoms with Gasteiger partial charge in [-0.3, -0.25) is 14.4 Å². The van der Waals surface area contributed by atoms with Crippen LogP contribution in [0.3, 0.4) is 0 Å². The molecule has 0 aliphatic heterocycles. The molecule has 0 aliphatic rings. The number of nitrogens with one attached hydrogen (secondary N) is 2. The Labute approximate surface area is 148 Å². The van der Waals surface area contributed by atoms with Gasteiger partial charge in [-0.05, 0) is 17.9 Å². The molecule has 132 valence electrons. The summed E-state index contributed by atoms with van der Waals surface area (Å²) in [7, 11) is 0. The molecule has 0 aromatic heterocycles. The Morgan fingerprint density at radius 3 is 2.21 bits per heavy atom. The highest BCUT2D eigenvalue weighted by Crippen LogP contribution is 2.07. The smallest absolute Gasteiger partial charge is 0.243 e. The molecule has 0 heterocycles. The molecule has 0 saturated carbocycles. The largest absolute Gasteiger partial charge is 0.368 e. The molecular formula is C17H25N3O3S. The minimum absolute atomic E-state index is 0.0240. The molecule has 0 unspecified atom stereocenters. The van der Waals surface area contributed by atoms with E-state index in [-0.39, 0.29) is 17.6 Å². The van der Waals surface area contributed by atoms with Gasteiger partial charge in [0, 0.05) is 6.42 Å². The van der Waals surface area contributed by atoms with Crippen LogP contribution in [0.4, 0.5) is 0 Å². The normalized spacial score (nSPS) is 13.2. The molecule has 0 radical (unpaired) electrons. The number of primary amides is 1. The van der Waals surface area contributed by atoms with E-state index in [4.69, 9.17) is 5.73 Å². The maximum atomic E-state index is 12.5. The van der Waals surface area contributed by atoms with Crippen LogP contribution in [0.5, 0.6) is 0 Å². The first-order valence-electron chi connectivity index (χ1n) is 7.87. The van der Waals surface area contributed by atoms with E-state index in [9.17, 15) is 14.4 Å². The summed E-state index contributed by atoms with van der Waals surface area (Å²) in [5, 5.41) is 5.28. The summed E-state index contributed by atoms with van der Waals surface area (Å²) >= 11 is 3.91. The summed E-state index contributed by atoms with van der Waals surface area (Å²) in [6.45, 7) is 3.87. The van der Waals surface area contributed by atoms with E-state index in [2.05, 4.69) is 23.3 Å². The summed E-state index contributed by atoms with van der Waals surface area (Å²) in [5.41, 5.74) is 6.26. The predicted molar refractivity (Wildman–Crippen MR) is 96.5 cm³/mol. The van der Waals surface area contributed by atoms with Crippen molar-refractivity contribution in [2.45, 2.75) is 38.8 Å². The number of hydrogen-bond acceptors (Lipinski definition) is 4. The molecule has 0 spiro atoms. The summed E-state index contributed by atoms with van der Waals surface area (Å²) in [5.74, 6) is -1.20. The Morgan fingerprint density at radius 1 is 1.08 bits per heavy atom. The van der Waals surface area contributed by atoms with Crippen molar-refractivity contribution in [3.05, 3.63) is 35.9 Å². The minimum atomic E-state index is -0.791. The lowest BCUT2D eigenvalue weighted by Crippen LogP contribution is -2.54. The lowest BCUT2D eigenvalue weighted by molar-refractivity contribution is -0.131.